The molecule has 0 N–H and O–H groups in total. The number of rotatable bonds is 4. The molecule has 9 heteroatoms. The first-order valence-electron chi connectivity index (χ1n) is 11.6. The van der Waals surface area contributed by atoms with E-state index in [0.717, 1.165) is 11.1 Å². The van der Waals surface area contributed by atoms with E-state index in [2.05, 4.69) is 0 Å². The summed E-state index contributed by atoms with van der Waals surface area (Å²) in [6, 6.07) is 10.8. The molecule has 35 heavy (non-hydrogen) atoms. The summed E-state index contributed by atoms with van der Waals surface area (Å²) in [5, 5.41) is 0. The van der Waals surface area contributed by atoms with E-state index in [9.17, 15) is 9.59 Å². The van der Waals surface area contributed by atoms with E-state index in [1.807, 2.05) is 18.2 Å². The molecule has 0 fully saturated rings. The van der Waals surface area contributed by atoms with E-state index >= 15 is 0 Å². The lowest BCUT2D eigenvalue weighted by atomic mass is 10.1. The molecule has 9 nitrogen and oxygen atoms in total. The van der Waals surface area contributed by atoms with Gasteiger partial charge in [0.2, 0.25) is 0 Å². The molecule has 0 saturated heterocycles. The molecule has 3 rings (SSSR count). The summed E-state index contributed by atoms with van der Waals surface area (Å²) in [7, 11) is 0. The van der Waals surface area contributed by atoms with E-state index < -0.39 is 0 Å². The minimum atomic E-state index is -0.350. The SMILES string of the molecule is CC(=O)Cc1ccc2c(c1)OCCOCCOc1ccc(COC(C)=O)cc1OCCOCCO2. The number of ketones is 1. The van der Waals surface area contributed by atoms with Crippen molar-refractivity contribution in [3.63, 3.8) is 0 Å². The van der Waals surface area contributed by atoms with Crippen molar-refractivity contribution in [2.75, 3.05) is 52.9 Å². The van der Waals surface area contributed by atoms with Crippen LogP contribution >= 0.6 is 0 Å². The third kappa shape index (κ3) is 9.46. The van der Waals surface area contributed by atoms with E-state index in [1.54, 1.807) is 25.1 Å². The highest BCUT2D eigenvalue weighted by atomic mass is 16.6. The molecule has 0 aliphatic carbocycles. The van der Waals surface area contributed by atoms with Crippen molar-refractivity contribution in [2.45, 2.75) is 26.9 Å². The van der Waals surface area contributed by atoms with Crippen molar-refractivity contribution in [3.8, 4) is 23.0 Å². The number of benzene rings is 2. The van der Waals surface area contributed by atoms with Gasteiger partial charge in [-0.3, -0.25) is 9.59 Å². The molecule has 0 aromatic heterocycles. The fraction of sp³-hybridized carbons (Fsp3) is 0.462. The number of carbonyl (C=O) groups is 2. The summed E-state index contributed by atoms with van der Waals surface area (Å²) < 4.78 is 39.7. The van der Waals surface area contributed by atoms with Gasteiger partial charge in [-0.1, -0.05) is 12.1 Å². The highest BCUT2D eigenvalue weighted by Gasteiger charge is 2.11. The molecule has 0 bridgehead atoms. The number of hydrogen-bond donors (Lipinski definition) is 0. The number of fused-ring (bicyclic) bond motifs is 2. The summed E-state index contributed by atoms with van der Waals surface area (Å²) in [6.45, 7) is 5.75. The first kappa shape index (κ1) is 26.3. The van der Waals surface area contributed by atoms with Gasteiger partial charge in [0.15, 0.2) is 23.0 Å². The van der Waals surface area contributed by atoms with Crippen LogP contribution in [-0.2, 0) is 36.8 Å². The third-order valence-electron chi connectivity index (χ3n) is 4.85. The third-order valence-corrected chi connectivity index (χ3v) is 4.85. The smallest absolute Gasteiger partial charge is 0.302 e. The zero-order chi connectivity index (χ0) is 24.9. The summed E-state index contributed by atoms with van der Waals surface area (Å²) in [5.41, 5.74) is 1.65. The van der Waals surface area contributed by atoms with Crippen LogP contribution in [0.3, 0.4) is 0 Å². The molecule has 0 amide bonds. The maximum Gasteiger partial charge on any atom is 0.302 e. The second-order valence-corrected chi connectivity index (χ2v) is 7.84. The monoisotopic (exact) mass is 488 g/mol. The van der Waals surface area contributed by atoms with Crippen LogP contribution in [0.25, 0.3) is 0 Å². The van der Waals surface area contributed by atoms with Crippen molar-refractivity contribution in [1.29, 1.82) is 0 Å². The second-order valence-electron chi connectivity index (χ2n) is 7.84. The number of ether oxygens (including phenoxy) is 7. The molecule has 0 spiro atoms. The summed E-state index contributed by atoms with van der Waals surface area (Å²) in [6.07, 6.45) is 0.334. The Balaban J connectivity index is 1.61. The Labute approximate surface area is 205 Å². The second kappa shape index (κ2) is 14.2. The van der Waals surface area contributed by atoms with Crippen molar-refractivity contribution in [3.05, 3.63) is 47.5 Å². The molecular weight excluding hydrogens is 456 g/mol. The van der Waals surface area contributed by atoms with Crippen LogP contribution in [0.5, 0.6) is 23.0 Å². The fourth-order valence-electron chi connectivity index (χ4n) is 3.29. The van der Waals surface area contributed by atoms with Gasteiger partial charge in [0, 0.05) is 13.3 Å². The molecule has 0 radical (unpaired) electrons. The number of Topliss-reactive ketones (excluding diaryl/α,β-unsaturated/α-hetero) is 1. The number of esters is 1. The Kier molecular flexibility index (Phi) is 10.7. The average Bonchev–Trinajstić information content (AvgIpc) is 2.82. The van der Waals surface area contributed by atoms with Gasteiger partial charge in [0.05, 0.1) is 26.4 Å². The Hall–Kier alpha value is -3.30. The Morgan fingerprint density at radius 3 is 1.60 bits per heavy atom. The summed E-state index contributed by atoms with van der Waals surface area (Å²) in [4.78, 5) is 22.6. The van der Waals surface area contributed by atoms with Crippen LogP contribution in [0.2, 0.25) is 0 Å². The fourth-order valence-corrected chi connectivity index (χ4v) is 3.29. The molecule has 0 unspecified atom stereocenters. The molecule has 0 atom stereocenters. The van der Waals surface area contributed by atoms with Crippen LogP contribution in [0, 0.1) is 0 Å². The molecule has 0 saturated carbocycles. The predicted molar refractivity (Wildman–Crippen MR) is 126 cm³/mol. The molecule has 1 heterocycles. The van der Waals surface area contributed by atoms with Gasteiger partial charge in [-0.15, -0.1) is 0 Å². The molecule has 2 aromatic rings. The summed E-state index contributed by atoms with van der Waals surface area (Å²) >= 11 is 0. The number of hydrogen-bond acceptors (Lipinski definition) is 9. The Morgan fingerprint density at radius 2 is 1.11 bits per heavy atom. The van der Waals surface area contributed by atoms with Gasteiger partial charge in [-0.05, 0) is 42.3 Å². The minimum Gasteiger partial charge on any atom is -0.487 e. The first-order valence-corrected chi connectivity index (χ1v) is 11.6. The average molecular weight is 489 g/mol. The van der Waals surface area contributed by atoms with Crippen molar-refractivity contribution < 1.29 is 42.7 Å². The number of carbonyl (C=O) groups excluding carboxylic acids is 2. The van der Waals surface area contributed by atoms with Crippen molar-refractivity contribution >= 4 is 11.8 Å². The maximum atomic E-state index is 11.5. The Bertz CT molecular complexity index is 973. The Morgan fingerprint density at radius 1 is 0.657 bits per heavy atom. The summed E-state index contributed by atoms with van der Waals surface area (Å²) in [5.74, 6) is 1.97. The molecule has 2 aromatic carbocycles. The van der Waals surface area contributed by atoms with E-state index in [1.165, 1.54) is 6.92 Å². The lowest BCUT2D eigenvalue weighted by Crippen LogP contribution is -2.15. The molecule has 190 valence electrons. The molecule has 1 aliphatic rings. The van der Waals surface area contributed by atoms with Gasteiger partial charge >= 0.3 is 5.97 Å². The largest absolute Gasteiger partial charge is 0.487 e. The van der Waals surface area contributed by atoms with Crippen LogP contribution in [0.15, 0.2) is 36.4 Å². The van der Waals surface area contributed by atoms with Gasteiger partial charge < -0.3 is 33.2 Å². The zero-order valence-corrected chi connectivity index (χ0v) is 20.2. The lowest BCUT2D eigenvalue weighted by molar-refractivity contribution is -0.142. The highest BCUT2D eigenvalue weighted by molar-refractivity contribution is 5.78. The van der Waals surface area contributed by atoms with Gasteiger partial charge in [0.25, 0.3) is 0 Å². The van der Waals surface area contributed by atoms with Gasteiger partial charge in [0.1, 0.15) is 38.8 Å². The molecular formula is C26H32O9. The van der Waals surface area contributed by atoms with Crippen LogP contribution in [0.1, 0.15) is 25.0 Å². The van der Waals surface area contributed by atoms with Crippen LogP contribution in [0.4, 0.5) is 0 Å². The quantitative estimate of drug-likeness (QED) is 0.601. The van der Waals surface area contributed by atoms with Crippen LogP contribution < -0.4 is 18.9 Å². The predicted octanol–water partition coefficient (Wildman–Crippen LogP) is 3.14. The topological polar surface area (TPSA) is 98.8 Å². The van der Waals surface area contributed by atoms with Crippen molar-refractivity contribution in [2.24, 2.45) is 0 Å². The highest BCUT2D eigenvalue weighted by Crippen LogP contribution is 2.30. The standard InChI is InChI=1S/C26H32O9/c1-19(27)15-21-3-5-23-25(16-21)33-13-9-29-8-12-32-24-6-4-22(18-35-20(2)28)17-26(24)34-14-10-30-7-11-31-23/h3-6,16-17H,7-15,18H2,1-2H3. The normalized spacial score (nSPS) is 15.4. The maximum absolute atomic E-state index is 11.5. The zero-order valence-electron chi connectivity index (χ0n) is 20.2. The van der Waals surface area contributed by atoms with E-state index in [-0.39, 0.29) is 18.4 Å². The van der Waals surface area contributed by atoms with Crippen molar-refractivity contribution in [1.82, 2.24) is 0 Å². The minimum absolute atomic E-state index is 0.0761. The van der Waals surface area contributed by atoms with E-state index in [0.29, 0.717) is 82.3 Å². The van der Waals surface area contributed by atoms with Gasteiger partial charge in [-0.2, -0.15) is 0 Å². The van der Waals surface area contributed by atoms with E-state index in [4.69, 9.17) is 33.2 Å². The molecule has 1 aliphatic heterocycles. The first-order chi connectivity index (χ1) is 17.0. The van der Waals surface area contributed by atoms with Crippen LogP contribution in [-0.4, -0.2) is 64.6 Å². The lowest BCUT2D eigenvalue weighted by Gasteiger charge is -2.16. The van der Waals surface area contributed by atoms with Gasteiger partial charge in [-0.25, -0.2) is 0 Å².